The van der Waals surface area contributed by atoms with Gasteiger partial charge in [0.05, 0.1) is 17.6 Å². The van der Waals surface area contributed by atoms with E-state index in [-0.39, 0.29) is 11.9 Å². The number of likely N-dealkylation sites (N-methyl/N-ethyl adjacent to an activating group) is 1. The Morgan fingerprint density at radius 2 is 2.22 bits per heavy atom. The zero-order chi connectivity index (χ0) is 13.9. The summed E-state index contributed by atoms with van der Waals surface area (Å²) in [6.45, 7) is 10.6. The van der Waals surface area contributed by atoms with Crippen molar-refractivity contribution in [1.29, 1.82) is 0 Å². The molecule has 1 aromatic rings. The van der Waals surface area contributed by atoms with E-state index in [1.54, 1.807) is 0 Å². The van der Waals surface area contributed by atoms with Gasteiger partial charge < -0.3 is 15.6 Å². The topological polar surface area (TPSA) is 72.9 Å². The smallest absolute Gasteiger partial charge is 0.237 e. The second-order valence-corrected chi connectivity index (χ2v) is 5.10. The van der Waals surface area contributed by atoms with Crippen LogP contribution in [-0.2, 0) is 4.79 Å². The highest BCUT2D eigenvalue weighted by atomic mass is 16.1. The van der Waals surface area contributed by atoms with Crippen LogP contribution in [0.2, 0.25) is 0 Å². The van der Waals surface area contributed by atoms with Crippen molar-refractivity contribution in [2.45, 2.75) is 52.6 Å². The molecule has 0 aromatic carbocycles. The van der Waals surface area contributed by atoms with Gasteiger partial charge in [-0.25, -0.2) is 4.98 Å². The predicted molar refractivity (Wildman–Crippen MR) is 72.3 cm³/mol. The predicted octanol–water partition coefficient (Wildman–Crippen LogP) is 1.30. The molecule has 2 atom stereocenters. The van der Waals surface area contributed by atoms with Gasteiger partial charge in [-0.05, 0) is 40.7 Å². The van der Waals surface area contributed by atoms with Gasteiger partial charge in [-0.15, -0.1) is 0 Å². The van der Waals surface area contributed by atoms with Crippen LogP contribution in [0.5, 0.6) is 0 Å². The number of amides is 1. The number of nitrogens with one attached hydrogen (secondary N) is 1. The Balaban J connectivity index is 2.88. The molecule has 1 rings (SSSR count). The number of imidazole rings is 1. The highest BCUT2D eigenvalue weighted by molar-refractivity contribution is 5.84. The number of carbonyl (C=O) groups is 1. The summed E-state index contributed by atoms with van der Waals surface area (Å²) >= 11 is 0. The van der Waals surface area contributed by atoms with Crippen molar-refractivity contribution in [3.63, 3.8) is 0 Å². The highest BCUT2D eigenvalue weighted by Gasteiger charge is 2.32. The van der Waals surface area contributed by atoms with Crippen LogP contribution in [0.15, 0.2) is 6.33 Å². The molecule has 0 saturated carbocycles. The molecular weight excluding hydrogens is 228 g/mol. The monoisotopic (exact) mass is 252 g/mol. The van der Waals surface area contributed by atoms with E-state index in [1.807, 2.05) is 34.0 Å². The van der Waals surface area contributed by atoms with E-state index in [2.05, 4.69) is 21.8 Å². The fourth-order valence-electron chi connectivity index (χ4n) is 2.30. The Hall–Kier alpha value is -1.36. The van der Waals surface area contributed by atoms with Crippen molar-refractivity contribution in [2.24, 2.45) is 5.73 Å². The SMILES string of the molecule is CCNC(C)(CC(C)n1cnc(C)c1C)C(N)=O. The van der Waals surface area contributed by atoms with Crippen molar-refractivity contribution < 1.29 is 4.79 Å². The number of nitrogens with zero attached hydrogens (tertiary/aromatic N) is 2. The third-order valence-electron chi connectivity index (χ3n) is 3.58. The van der Waals surface area contributed by atoms with Crippen molar-refractivity contribution >= 4 is 5.91 Å². The Labute approximate surface area is 109 Å². The number of nitrogens with two attached hydrogens (primary N) is 1. The largest absolute Gasteiger partial charge is 0.368 e. The number of aryl methyl sites for hydroxylation is 1. The van der Waals surface area contributed by atoms with E-state index in [0.29, 0.717) is 13.0 Å². The van der Waals surface area contributed by atoms with Crippen molar-refractivity contribution in [1.82, 2.24) is 14.9 Å². The minimum absolute atomic E-state index is 0.169. The summed E-state index contributed by atoms with van der Waals surface area (Å²) in [7, 11) is 0. The Morgan fingerprint density at radius 3 is 2.61 bits per heavy atom. The molecule has 0 bridgehead atoms. The fourth-order valence-corrected chi connectivity index (χ4v) is 2.30. The molecule has 5 heteroatoms. The Bertz CT molecular complexity index is 427. The van der Waals surface area contributed by atoms with Gasteiger partial charge in [-0.2, -0.15) is 0 Å². The maximum absolute atomic E-state index is 11.6. The van der Waals surface area contributed by atoms with Crippen molar-refractivity contribution in [2.75, 3.05) is 6.54 Å². The van der Waals surface area contributed by atoms with Gasteiger partial charge in [0.25, 0.3) is 0 Å². The standard InChI is InChI=1S/C13H24N4O/c1-6-16-13(5,12(14)18)7-9(2)17-8-15-10(3)11(17)4/h8-9,16H,6-7H2,1-5H3,(H2,14,18). The molecule has 0 spiro atoms. The van der Waals surface area contributed by atoms with Gasteiger partial charge in [-0.3, -0.25) is 4.79 Å². The van der Waals surface area contributed by atoms with E-state index in [0.717, 1.165) is 11.4 Å². The molecule has 0 radical (unpaired) electrons. The first kappa shape index (κ1) is 14.7. The quantitative estimate of drug-likeness (QED) is 0.801. The fraction of sp³-hybridized carbons (Fsp3) is 0.692. The second-order valence-electron chi connectivity index (χ2n) is 5.10. The molecule has 102 valence electrons. The van der Waals surface area contributed by atoms with Gasteiger partial charge in [0.1, 0.15) is 0 Å². The van der Waals surface area contributed by atoms with E-state index < -0.39 is 5.54 Å². The van der Waals surface area contributed by atoms with E-state index >= 15 is 0 Å². The average Bonchev–Trinajstić information content (AvgIpc) is 2.59. The second kappa shape index (κ2) is 5.52. The summed E-state index contributed by atoms with van der Waals surface area (Å²) in [4.78, 5) is 15.9. The molecule has 3 N–H and O–H groups in total. The first-order valence-electron chi connectivity index (χ1n) is 6.36. The average molecular weight is 252 g/mol. The van der Waals surface area contributed by atoms with E-state index in [4.69, 9.17) is 5.73 Å². The lowest BCUT2D eigenvalue weighted by atomic mass is 9.92. The maximum atomic E-state index is 11.6. The summed E-state index contributed by atoms with van der Waals surface area (Å²) in [6, 6.07) is 0.169. The van der Waals surface area contributed by atoms with E-state index in [1.165, 1.54) is 0 Å². The summed E-state index contributed by atoms with van der Waals surface area (Å²) in [6.07, 6.45) is 2.47. The number of carbonyl (C=O) groups excluding carboxylic acids is 1. The van der Waals surface area contributed by atoms with E-state index in [9.17, 15) is 4.79 Å². The summed E-state index contributed by atoms with van der Waals surface area (Å²) in [5, 5.41) is 3.18. The summed E-state index contributed by atoms with van der Waals surface area (Å²) in [5.74, 6) is -0.314. The number of primary amides is 1. The summed E-state index contributed by atoms with van der Waals surface area (Å²) in [5.41, 5.74) is 6.97. The third kappa shape index (κ3) is 2.90. The molecule has 5 nitrogen and oxygen atoms in total. The third-order valence-corrected chi connectivity index (χ3v) is 3.58. The number of rotatable bonds is 6. The number of aromatic nitrogens is 2. The molecule has 0 aliphatic carbocycles. The van der Waals surface area contributed by atoms with Gasteiger partial charge in [0.15, 0.2) is 0 Å². The van der Waals surface area contributed by atoms with Crippen LogP contribution in [0, 0.1) is 13.8 Å². The summed E-state index contributed by atoms with van der Waals surface area (Å²) < 4.78 is 2.09. The van der Waals surface area contributed by atoms with Crippen LogP contribution in [0.3, 0.4) is 0 Å². The minimum Gasteiger partial charge on any atom is -0.368 e. The van der Waals surface area contributed by atoms with Crippen LogP contribution in [0.1, 0.15) is 44.6 Å². The maximum Gasteiger partial charge on any atom is 0.237 e. The molecule has 18 heavy (non-hydrogen) atoms. The zero-order valence-corrected chi connectivity index (χ0v) is 11.9. The molecule has 0 saturated heterocycles. The van der Waals surface area contributed by atoms with Gasteiger partial charge in [0, 0.05) is 11.7 Å². The lowest BCUT2D eigenvalue weighted by molar-refractivity contribution is -0.124. The lowest BCUT2D eigenvalue weighted by Crippen LogP contribution is -2.54. The van der Waals surface area contributed by atoms with Gasteiger partial charge in [0.2, 0.25) is 5.91 Å². The first-order chi connectivity index (χ1) is 8.31. The van der Waals surface area contributed by atoms with Gasteiger partial charge in [-0.1, -0.05) is 6.92 Å². The normalized spacial score (nSPS) is 16.3. The number of hydrogen-bond acceptors (Lipinski definition) is 3. The number of hydrogen-bond donors (Lipinski definition) is 2. The van der Waals surface area contributed by atoms with Crippen LogP contribution < -0.4 is 11.1 Å². The van der Waals surface area contributed by atoms with Crippen molar-refractivity contribution in [3.05, 3.63) is 17.7 Å². The molecule has 1 aromatic heterocycles. The molecule has 0 aliphatic heterocycles. The first-order valence-corrected chi connectivity index (χ1v) is 6.36. The molecule has 0 aliphatic rings. The Kier molecular flexibility index (Phi) is 4.51. The van der Waals surface area contributed by atoms with Crippen LogP contribution in [-0.4, -0.2) is 27.5 Å². The molecule has 0 fully saturated rings. The molecule has 1 amide bonds. The van der Waals surface area contributed by atoms with Crippen LogP contribution >= 0.6 is 0 Å². The van der Waals surface area contributed by atoms with Crippen LogP contribution in [0.25, 0.3) is 0 Å². The minimum atomic E-state index is -0.682. The highest BCUT2D eigenvalue weighted by Crippen LogP contribution is 2.23. The zero-order valence-electron chi connectivity index (χ0n) is 11.9. The van der Waals surface area contributed by atoms with Crippen LogP contribution in [0.4, 0.5) is 0 Å². The van der Waals surface area contributed by atoms with Gasteiger partial charge >= 0.3 is 0 Å². The molecule has 1 heterocycles. The van der Waals surface area contributed by atoms with Crippen molar-refractivity contribution in [3.8, 4) is 0 Å². The Morgan fingerprint density at radius 1 is 1.61 bits per heavy atom. The lowest BCUT2D eigenvalue weighted by Gasteiger charge is -2.30. The molecular formula is C13H24N4O. The molecule has 2 unspecified atom stereocenters.